The third kappa shape index (κ3) is 5.50. The molecule has 170 valence electrons. The van der Waals surface area contributed by atoms with Crippen LogP contribution in [0.5, 0.6) is 5.75 Å². The SMILES string of the molecule is O=C(COc1ccc2ccccc2c1)Nc1nnc(SCC(=O)Nc2nc3ccccc3s2)s1. The van der Waals surface area contributed by atoms with E-state index in [1.54, 1.807) is 0 Å². The zero-order chi connectivity index (χ0) is 23.3. The Morgan fingerprint density at radius 2 is 1.65 bits per heavy atom. The molecule has 2 aromatic heterocycles. The molecule has 0 aliphatic rings. The van der Waals surface area contributed by atoms with Crippen LogP contribution in [0.1, 0.15) is 0 Å². The summed E-state index contributed by atoms with van der Waals surface area (Å²) in [7, 11) is 0. The maximum absolute atomic E-state index is 12.3. The highest BCUT2D eigenvalue weighted by Gasteiger charge is 2.13. The number of nitrogens with one attached hydrogen (secondary N) is 2. The first-order valence-corrected chi connectivity index (χ1v) is 12.8. The highest BCUT2D eigenvalue weighted by atomic mass is 32.2. The average Bonchev–Trinajstić information content (AvgIpc) is 3.47. The van der Waals surface area contributed by atoms with E-state index in [0.717, 1.165) is 21.0 Å². The molecule has 0 aliphatic heterocycles. The molecule has 2 heterocycles. The Labute approximate surface area is 206 Å². The summed E-state index contributed by atoms with van der Waals surface area (Å²) in [5.74, 6) is 0.244. The van der Waals surface area contributed by atoms with E-state index in [1.807, 2.05) is 66.7 Å². The summed E-state index contributed by atoms with van der Waals surface area (Å²) in [4.78, 5) is 28.9. The number of benzene rings is 3. The summed E-state index contributed by atoms with van der Waals surface area (Å²) in [6, 6.07) is 21.3. The number of hydrogen-bond donors (Lipinski definition) is 2. The predicted octanol–water partition coefficient (Wildman–Crippen LogP) is 5.05. The number of thioether (sulfide) groups is 1. The fourth-order valence-corrected chi connectivity index (χ4v) is 5.54. The zero-order valence-corrected chi connectivity index (χ0v) is 20.0. The lowest BCUT2D eigenvalue weighted by molar-refractivity contribution is -0.118. The molecule has 0 atom stereocenters. The van der Waals surface area contributed by atoms with Crippen LogP contribution in [-0.2, 0) is 9.59 Å². The number of carbonyl (C=O) groups excluding carboxylic acids is 2. The van der Waals surface area contributed by atoms with Gasteiger partial charge in [0.15, 0.2) is 16.1 Å². The summed E-state index contributed by atoms with van der Waals surface area (Å²) < 4.78 is 7.18. The molecule has 0 aliphatic carbocycles. The molecule has 2 amide bonds. The molecule has 5 aromatic rings. The standard InChI is InChI=1S/C23H17N5O3S3/c29-19(12-31-16-10-9-14-5-1-2-6-15(14)11-16)25-22-27-28-23(34-22)32-13-20(30)26-21-24-17-7-3-4-8-18(17)33-21/h1-11H,12-13H2,(H,24,26,30)(H,25,27,29). The second-order valence-corrected chi connectivity index (χ2v) is 10.3. The first-order chi connectivity index (χ1) is 16.6. The highest BCUT2D eigenvalue weighted by molar-refractivity contribution is 8.01. The zero-order valence-electron chi connectivity index (χ0n) is 17.6. The smallest absolute Gasteiger partial charge is 0.264 e. The van der Waals surface area contributed by atoms with Gasteiger partial charge in [-0.1, -0.05) is 76.9 Å². The third-order valence-electron chi connectivity index (χ3n) is 4.61. The number of hydrogen-bond acceptors (Lipinski definition) is 9. The van der Waals surface area contributed by atoms with Crippen molar-refractivity contribution in [1.29, 1.82) is 0 Å². The van der Waals surface area contributed by atoms with E-state index < -0.39 is 0 Å². The Kier molecular flexibility index (Phi) is 6.65. The fraction of sp³-hybridized carbons (Fsp3) is 0.0870. The van der Waals surface area contributed by atoms with Crippen molar-refractivity contribution in [2.75, 3.05) is 23.0 Å². The Hall–Kier alpha value is -3.54. The van der Waals surface area contributed by atoms with Crippen LogP contribution in [0, 0.1) is 0 Å². The minimum Gasteiger partial charge on any atom is -0.484 e. The van der Waals surface area contributed by atoms with Gasteiger partial charge in [0, 0.05) is 0 Å². The lowest BCUT2D eigenvalue weighted by atomic mass is 10.1. The van der Waals surface area contributed by atoms with E-state index >= 15 is 0 Å². The number of carbonyl (C=O) groups is 2. The second kappa shape index (κ2) is 10.2. The lowest BCUT2D eigenvalue weighted by Crippen LogP contribution is -2.20. The molecule has 34 heavy (non-hydrogen) atoms. The largest absolute Gasteiger partial charge is 0.484 e. The van der Waals surface area contributed by atoms with E-state index in [2.05, 4.69) is 25.8 Å². The van der Waals surface area contributed by atoms with Crippen molar-refractivity contribution in [2.24, 2.45) is 0 Å². The van der Waals surface area contributed by atoms with E-state index in [1.165, 1.54) is 34.4 Å². The molecular weight excluding hydrogens is 490 g/mol. The summed E-state index contributed by atoms with van der Waals surface area (Å²) >= 11 is 3.86. The van der Waals surface area contributed by atoms with Crippen LogP contribution in [0.4, 0.5) is 10.3 Å². The minimum absolute atomic E-state index is 0.148. The predicted molar refractivity (Wildman–Crippen MR) is 137 cm³/mol. The Balaban J connectivity index is 1.08. The normalized spacial score (nSPS) is 10.9. The number of anilines is 2. The fourth-order valence-electron chi connectivity index (χ4n) is 3.09. The molecule has 0 radical (unpaired) electrons. The third-order valence-corrected chi connectivity index (χ3v) is 7.53. The van der Waals surface area contributed by atoms with Crippen molar-refractivity contribution < 1.29 is 14.3 Å². The molecular formula is C23H17N5O3S3. The van der Waals surface area contributed by atoms with E-state index in [4.69, 9.17) is 4.74 Å². The quantitative estimate of drug-likeness (QED) is 0.224. The molecule has 0 saturated carbocycles. The Morgan fingerprint density at radius 1 is 0.853 bits per heavy atom. The maximum Gasteiger partial charge on any atom is 0.264 e. The molecule has 8 nitrogen and oxygen atoms in total. The first-order valence-electron chi connectivity index (χ1n) is 10.2. The molecule has 3 aromatic carbocycles. The number of ether oxygens (including phenoxy) is 1. The van der Waals surface area contributed by atoms with Crippen molar-refractivity contribution in [1.82, 2.24) is 15.2 Å². The molecule has 0 spiro atoms. The Morgan fingerprint density at radius 3 is 2.53 bits per heavy atom. The van der Waals surface area contributed by atoms with Crippen molar-refractivity contribution in [3.8, 4) is 5.75 Å². The van der Waals surface area contributed by atoms with Crippen LogP contribution in [0.3, 0.4) is 0 Å². The molecule has 0 bridgehead atoms. The van der Waals surface area contributed by atoms with Gasteiger partial charge in [-0.2, -0.15) is 0 Å². The average molecular weight is 508 g/mol. The van der Waals surface area contributed by atoms with E-state index in [9.17, 15) is 9.59 Å². The summed E-state index contributed by atoms with van der Waals surface area (Å²) in [5.41, 5.74) is 0.851. The van der Waals surface area contributed by atoms with Gasteiger partial charge in [-0.25, -0.2) is 4.98 Å². The van der Waals surface area contributed by atoms with Crippen molar-refractivity contribution in [3.63, 3.8) is 0 Å². The molecule has 5 rings (SSSR count). The molecule has 11 heteroatoms. The van der Waals surface area contributed by atoms with E-state index in [0.29, 0.717) is 20.4 Å². The summed E-state index contributed by atoms with van der Waals surface area (Å²) in [6.45, 7) is -0.148. The van der Waals surface area contributed by atoms with Crippen LogP contribution in [-0.4, -0.2) is 39.4 Å². The van der Waals surface area contributed by atoms with Crippen molar-refractivity contribution in [3.05, 3.63) is 66.7 Å². The van der Waals surface area contributed by atoms with E-state index in [-0.39, 0.29) is 24.2 Å². The molecule has 2 N–H and O–H groups in total. The monoisotopic (exact) mass is 507 g/mol. The van der Waals surface area contributed by atoms with Gasteiger partial charge in [-0.05, 0) is 35.0 Å². The number of para-hydroxylation sites is 1. The van der Waals surface area contributed by atoms with Gasteiger partial charge in [-0.15, -0.1) is 10.2 Å². The van der Waals surface area contributed by atoms with Gasteiger partial charge in [0.05, 0.1) is 16.0 Å². The van der Waals surface area contributed by atoms with Gasteiger partial charge in [-0.3, -0.25) is 14.9 Å². The van der Waals surface area contributed by atoms with Gasteiger partial charge < -0.3 is 10.1 Å². The summed E-state index contributed by atoms with van der Waals surface area (Å²) in [5, 5.41) is 16.5. The number of rotatable bonds is 8. The van der Waals surface area contributed by atoms with Crippen LogP contribution in [0.15, 0.2) is 71.1 Å². The second-order valence-electron chi connectivity index (χ2n) is 7.04. The molecule has 0 saturated heterocycles. The number of thiazole rings is 1. The highest BCUT2D eigenvalue weighted by Crippen LogP contribution is 2.28. The van der Waals surface area contributed by atoms with Gasteiger partial charge in [0.1, 0.15) is 5.75 Å². The minimum atomic E-state index is -0.338. The van der Waals surface area contributed by atoms with Gasteiger partial charge in [0.2, 0.25) is 11.0 Å². The number of fused-ring (bicyclic) bond motifs is 2. The van der Waals surface area contributed by atoms with Crippen molar-refractivity contribution >= 4 is 77.5 Å². The number of nitrogens with zero attached hydrogens (tertiary/aromatic N) is 3. The maximum atomic E-state index is 12.3. The lowest BCUT2D eigenvalue weighted by Gasteiger charge is -2.06. The molecule has 0 fully saturated rings. The number of amides is 2. The summed E-state index contributed by atoms with van der Waals surface area (Å²) in [6.07, 6.45) is 0. The Bertz CT molecular complexity index is 1450. The van der Waals surface area contributed by atoms with Crippen LogP contribution in [0.25, 0.3) is 21.0 Å². The van der Waals surface area contributed by atoms with Gasteiger partial charge >= 0.3 is 0 Å². The topological polar surface area (TPSA) is 106 Å². The molecule has 0 unspecified atom stereocenters. The van der Waals surface area contributed by atoms with Crippen LogP contribution in [0.2, 0.25) is 0 Å². The van der Waals surface area contributed by atoms with Crippen LogP contribution >= 0.6 is 34.4 Å². The first kappa shape index (κ1) is 22.3. The number of aromatic nitrogens is 3. The van der Waals surface area contributed by atoms with Crippen molar-refractivity contribution in [2.45, 2.75) is 4.34 Å². The van der Waals surface area contributed by atoms with Crippen LogP contribution < -0.4 is 15.4 Å². The van der Waals surface area contributed by atoms with Gasteiger partial charge in [0.25, 0.3) is 5.91 Å².